The first-order chi connectivity index (χ1) is 5.47. The lowest BCUT2D eigenvalue weighted by molar-refractivity contribution is 0.0422. The van der Waals surface area contributed by atoms with Gasteiger partial charge in [0.25, 0.3) is 0 Å². The molecule has 2 aliphatic rings. The Morgan fingerprint density at radius 1 is 1.17 bits per heavy atom. The minimum Gasteiger partial charge on any atom is -0.381 e. The highest BCUT2D eigenvalue weighted by atomic mass is 35.5. The van der Waals surface area contributed by atoms with Crippen molar-refractivity contribution in [2.45, 2.75) is 31.7 Å². The van der Waals surface area contributed by atoms with Crippen LogP contribution in [0.25, 0.3) is 0 Å². The molecule has 2 fully saturated rings. The monoisotopic (exact) mass is 191 g/mol. The van der Waals surface area contributed by atoms with Gasteiger partial charge in [-0.3, -0.25) is 0 Å². The van der Waals surface area contributed by atoms with Gasteiger partial charge in [0.15, 0.2) is 0 Å². The van der Waals surface area contributed by atoms with Crippen LogP contribution in [0.4, 0.5) is 0 Å². The Balaban J connectivity index is 0.000000720. The molecule has 0 aliphatic carbocycles. The molecule has 12 heavy (non-hydrogen) atoms. The van der Waals surface area contributed by atoms with Crippen LogP contribution in [0.3, 0.4) is 0 Å². The highest BCUT2D eigenvalue weighted by Crippen LogP contribution is 2.22. The molecule has 2 unspecified atom stereocenters. The molecule has 1 N–H and O–H groups in total. The Bertz CT molecular complexity index is 120. The maximum Gasteiger partial charge on any atom is 0.0509 e. The second-order valence-electron chi connectivity index (χ2n) is 3.68. The average molecular weight is 192 g/mol. The van der Waals surface area contributed by atoms with Crippen molar-refractivity contribution in [3.05, 3.63) is 0 Å². The fraction of sp³-hybridized carbons (Fsp3) is 1.00. The molecular weight excluding hydrogens is 174 g/mol. The van der Waals surface area contributed by atoms with E-state index in [0.29, 0.717) is 0 Å². The van der Waals surface area contributed by atoms with Crippen LogP contribution < -0.4 is 5.32 Å². The van der Waals surface area contributed by atoms with E-state index in [2.05, 4.69) is 5.32 Å². The van der Waals surface area contributed by atoms with E-state index in [1.54, 1.807) is 0 Å². The zero-order valence-electron chi connectivity index (χ0n) is 7.42. The van der Waals surface area contributed by atoms with Crippen LogP contribution in [-0.2, 0) is 4.74 Å². The average Bonchev–Trinajstić information content (AvgIpc) is 2.58. The SMILES string of the molecule is C1COCC(C2CCCN2)C1.Cl. The fourth-order valence-corrected chi connectivity index (χ4v) is 2.20. The van der Waals surface area contributed by atoms with Crippen LogP contribution in [0.1, 0.15) is 25.7 Å². The molecule has 0 aromatic rings. The van der Waals surface area contributed by atoms with E-state index in [9.17, 15) is 0 Å². The second kappa shape index (κ2) is 5.05. The molecule has 0 amide bonds. The molecule has 0 bridgehead atoms. The Morgan fingerprint density at radius 2 is 2.08 bits per heavy atom. The van der Waals surface area contributed by atoms with Gasteiger partial charge < -0.3 is 10.1 Å². The molecule has 0 radical (unpaired) electrons. The number of hydrogen-bond acceptors (Lipinski definition) is 2. The van der Waals surface area contributed by atoms with Gasteiger partial charge in [0.2, 0.25) is 0 Å². The number of rotatable bonds is 1. The molecule has 2 atom stereocenters. The largest absolute Gasteiger partial charge is 0.381 e. The normalized spacial score (nSPS) is 36.0. The maximum atomic E-state index is 5.45. The number of ether oxygens (including phenoxy) is 1. The molecule has 2 aliphatic heterocycles. The van der Waals surface area contributed by atoms with Gasteiger partial charge in [0.05, 0.1) is 6.61 Å². The quantitative estimate of drug-likeness (QED) is 0.680. The summed E-state index contributed by atoms with van der Waals surface area (Å²) in [5.41, 5.74) is 0. The topological polar surface area (TPSA) is 21.3 Å². The minimum absolute atomic E-state index is 0. The predicted octanol–water partition coefficient (Wildman–Crippen LogP) is 1.59. The first kappa shape index (κ1) is 10.3. The van der Waals surface area contributed by atoms with Gasteiger partial charge in [-0.25, -0.2) is 0 Å². The molecule has 72 valence electrons. The molecular formula is C9H18ClNO. The summed E-state index contributed by atoms with van der Waals surface area (Å²) >= 11 is 0. The highest BCUT2D eigenvalue weighted by Gasteiger charge is 2.25. The highest BCUT2D eigenvalue weighted by molar-refractivity contribution is 5.85. The van der Waals surface area contributed by atoms with Crippen LogP contribution in [0, 0.1) is 5.92 Å². The van der Waals surface area contributed by atoms with Gasteiger partial charge in [-0.15, -0.1) is 12.4 Å². The van der Waals surface area contributed by atoms with Gasteiger partial charge in [0.1, 0.15) is 0 Å². The fourth-order valence-electron chi connectivity index (χ4n) is 2.20. The van der Waals surface area contributed by atoms with E-state index in [1.165, 1.54) is 32.2 Å². The smallest absolute Gasteiger partial charge is 0.0509 e. The minimum atomic E-state index is 0. The molecule has 2 rings (SSSR count). The summed E-state index contributed by atoms with van der Waals surface area (Å²) in [5, 5.41) is 3.55. The lowest BCUT2D eigenvalue weighted by Gasteiger charge is -2.27. The third-order valence-corrected chi connectivity index (χ3v) is 2.86. The molecule has 2 nitrogen and oxygen atoms in total. The van der Waals surface area contributed by atoms with Gasteiger partial charge in [-0.1, -0.05) is 0 Å². The van der Waals surface area contributed by atoms with Crippen LogP contribution in [0.5, 0.6) is 0 Å². The summed E-state index contributed by atoms with van der Waals surface area (Å²) < 4.78 is 5.45. The van der Waals surface area contributed by atoms with Crippen molar-refractivity contribution in [1.82, 2.24) is 5.32 Å². The van der Waals surface area contributed by atoms with Crippen molar-refractivity contribution >= 4 is 12.4 Å². The van der Waals surface area contributed by atoms with Gasteiger partial charge in [0, 0.05) is 12.6 Å². The van der Waals surface area contributed by atoms with Gasteiger partial charge in [-0.05, 0) is 38.1 Å². The number of halogens is 1. The van der Waals surface area contributed by atoms with E-state index in [1.807, 2.05) is 0 Å². The molecule has 2 saturated heterocycles. The maximum absolute atomic E-state index is 5.45. The summed E-state index contributed by atoms with van der Waals surface area (Å²) in [5.74, 6) is 0.811. The predicted molar refractivity (Wildman–Crippen MR) is 51.8 cm³/mol. The van der Waals surface area contributed by atoms with E-state index in [4.69, 9.17) is 4.74 Å². The van der Waals surface area contributed by atoms with Crippen LogP contribution >= 0.6 is 12.4 Å². The van der Waals surface area contributed by atoms with Crippen molar-refractivity contribution in [2.24, 2.45) is 5.92 Å². The van der Waals surface area contributed by atoms with Crippen molar-refractivity contribution in [1.29, 1.82) is 0 Å². The third kappa shape index (κ3) is 2.35. The van der Waals surface area contributed by atoms with Crippen LogP contribution in [0.15, 0.2) is 0 Å². The second-order valence-corrected chi connectivity index (χ2v) is 3.68. The number of hydrogen-bond donors (Lipinski definition) is 1. The lowest BCUT2D eigenvalue weighted by atomic mass is 9.93. The molecule has 0 aromatic heterocycles. The van der Waals surface area contributed by atoms with Gasteiger partial charge in [-0.2, -0.15) is 0 Å². The Hall–Kier alpha value is 0.210. The Morgan fingerprint density at radius 3 is 2.67 bits per heavy atom. The van der Waals surface area contributed by atoms with Crippen molar-refractivity contribution < 1.29 is 4.74 Å². The first-order valence-corrected chi connectivity index (χ1v) is 4.78. The van der Waals surface area contributed by atoms with Crippen molar-refractivity contribution in [2.75, 3.05) is 19.8 Å². The summed E-state index contributed by atoms with van der Waals surface area (Å²) in [4.78, 5) is 0. The van der Waals surface area contributed by atoms with Gasteiger partial charge >= 0.3 is 0 Å². The molecule has 2 heterocycles. The van der Waals surface area contributed by atoms with Crippen molar-refractivity contribution in [3.63, 3.8) is 0 Å². The standard InChI is InChI=1S/C9H17NO.ClH/c1-4-9(10-5-1)8-3-2-6-11-7-8;/h8-10H,1-7H2;1H. The zero-order chi connectivity index (χ0) is 7.52. The summed E-state index contributed by atoms with van der Waals surface area (Å²) in [6.07, 6.45) is 5.37. The molecule has 0 aromatic carbocycles. The summed E-state index contributed by atoms with van der Waals surface area (Å²) in [7, 11) is 0. The van der Waals surface area contributed by atoms with E-state index in [-0.39, 0.29) is 12.4 Å². The lowest BCUT2D eigenvalue weighted by Crippen LogP contribution is -2.35. The number of nitrogens with one attached hydrogen (secondary N) is 1. The van der Waals surface area contributed by atoms with E-state index >= 15 is 0 Å². The summed E-state index contributed by atoms with van der Waals surface area (Å²) in [6, 6.07) is 0.773. The first-order valence-electron chi connectivity index (χ1n) is 4.78. The molecule has 0 saturated carbocycles. The molecule has 0 spiro atoms. The van der Waals surface area contributed by atoms with Crippen LogP contribution in [0.2, 0.25) is 0 Å². The molecule has 3 heteroatoms. The van der Waals surface area contributed by atoms with E-state index < -0.39 is 0 Å². The van der Waals surface area contributed by atoms with Crippen LogP contribution in [-0.4, -0.2) is 25.8 Å². The summed E-state index contributed by atoms with van der Waals surface area (Å²) in [6.45, 7) is 3.21. The zero-order valence-corrected chi connectivity index (χ0v) is 8.24. The third-order valence-electron chi connectivity index (χ3n) is 2.86. The Kier molecular flexibility index (Phi) is 4.33. The Labute approximate surface area is 80.5 Å². The van der Waals surface area contributed by atoms with Crippen molar-refractivity contribution in [3.8, 4) is 0 Å². The van der Waals surface area contributed by atoms with E-state index in [0.717, 1.165) is 25.2 Å².